The van der Waals surface area contributed by atoms with E-state index in [0.29, 0.717) is 41.1 Å². The molecule has 1 N–H and O–H groups in total. The standard InChI is InChI=1S/C27H45O4P/c1-18(2)23-14-12-20(5)16-25(23)30-32(29,27(28)22-10-8-7-9-11-22)31-26-17-21(6)13-15-24(26)19(3)4/h7-11,18-21,23-28H,12-17H2,1-6H3/t20-,21-,23+,24+,25-,26-,27-/m1/s1. The van der Waals surface area contributed by atoms with Crippen LogP contribution >= 0.6 is 7.60 Å². The SMILES string of the molecule is CC(C)[C@@H]1CC[C@@H](C)C[C@H]1OP(=O)(O[C@@H]1C[C@H](C)CC[C@H]1C(C)C)[C@@H](O)c1ccccc1. The Balaban J connectivity index is 1.92. The predicted octanol–water partition coefficient (Wildman–Crippen LogP) is 7.83. The Kier molecular flexibility index (Phi) is 9.06. The lowest BCUT2D eigenvalue weighted by molar-refractivity contribution is -0.0153. The largest absolute Gasteiger partial charge is 0.376 e. The van der Waals surface area contributed by atoms with Gasteiger partial charge >= 0.3 is 7.60 Å². The van der Waals surface area contributed by atoms with E-state index in [9.17, 15) is 9.67 Å². The van der Waals surface area contributed by atoms with Crippen LogP contribution in [0.4, 0.5) is 0 Å². The lowest BCUT2D eigenvalue weighted by atomic mass is 9.75. The maximum Gasteiger partial charge on any atom is 0.363 e. The van der Waals surface area contributed by atoms with E-state index in [2.05, 4.69) is 41.5 Å². The maximum absolute atomic E-state index is 14.5. The minimum atomic E-state index is -3.82. The molecule has 7 atom stereocenters. The third-order valence-electron chi connectivity index (χ3n) is 7.88. The van der Waals surface area contributed by atoms with Gasteiger partial charge in [-0.1, -0.05) is 84.7 Å². The molecule has 3 rings (SSSR count). The second kappa shape index (κ2) is 11.2. The zero-order valence-corrected chi connectivity index (χ0v) is 21.8. The summed E-state index contributed by atoms with van der Waals surface area (Å²) in [5, 5.41) is 11.4. The van der Waals surface area contributed by atoms with Crippen LogP contribution in [0.3, 0.4) is 0 Å². The zero-order valence-electron chi connectivity index (χ0n) is 20.9. The van der Waals surface area contributed by atoms with Crippen molar-refractivity contribution in [3.63, 3.8) is 0 Å². The first-order valence-corrected chi connectivity index (χ1v) is 14.4. The van der Waals surface area contributed by atoms with Crippen molar-refractivity contribution < 1.29 is 18.7 Å². The number of hydrogen-bond donors (Lipinski definition) is 1. The summed E-state index contributed by atoms with van der Waals surface area (Å²) in [4.78, 5) is 0. The molecule has 1 aromatic rings. The maximum atomic E-state index is 14.5. The third kappa shape index (κ3) is 6.26. The lowest BCUT2D eigenvalue weighted by Crippen LogP contribution is -2.37. The molecule has 0 aromatic heterocycles. The number of benzene rings is 1. The third-order valence-corrected chi connectivity index (χ3v) is 9.91. The van der Waals surface area contributed by atoms with Crippen molar-refractivity contribution in [3.8, 4) is 0 Å². The van der Waals surface area contributed by atoms with Crippen molar-refractivity contribution >= 4 is 7.60 Å². The fourth-order valence-corrected chi connectivity index (χ4v) is 7.85. The normalized spacial score (nSPS) is 32.9. The summed E-state index contributed by atoms with van der Waals surface area (Å²) in [6.07, 6.45) is 5.91. The average molecular weight is 465 g/mol. The van der Waals surface area contributed by atoms with Crippen LogP contribution in [-0.4, -0.2) is 17.3 Å². The van der Waals surface area contributed by atoms with E-state index in [0.717, 1.165) is 25.7 Å². The summed E-state index contributed by atoms with van der Waals surface area (Å²) >= 11 is 0. The van der Waals surface area contributed by atoms with Gasteiger partial charge in [-0.2, -0.15) is 0 Å². The van der Waals surface area contributed by atoms with Gasteiger partial charge in [0.1, 0.15) is 0 Å². The fourth-order valence-electron chi connectivity index (χ4n) is 5.80. The summed E-state index contributed by atoms with van der Waals surface area (Å²) < 4.78 is 27.5. The quantitative estimate of drug-likeness (QED) is 0.398. The van der Waals surface area contributed by atoms with Crippen molar-refractivity contribution in [2.45, 2.75) is 98.1 Å². The Morgan fingerprint density at radius 3 is 1.66 bits per heavy atom. The highest BCUT2D eigenvalue weighted by Gasteiger charge is 2.46. The molecule has 1 aromatic carbocycles. The van der Waals surface area contributed by atoms with E-state index in [-0.39, 0.29) is 12.2 Å². The minimum absolute atomic E-state index is 0.151. The Bertz CT molecular complexity index is 711. The Hall–Kier alpha value is -0.670. The Labute approximate surface area is 196 Å². The van der Waals surface area contributed by atoms with Gasteiger partial charge in [0, 0.05) is 0 Å². The Morgan fingerprint density at radius 2 is 1.25 bits per heavy atom. The van der Waals surface area contributed by atoms with E-state index in [1.807, 2.05) is 30.3 Å². The molecule has 2 aliphatic rings. The fraction of sp³-hybridized carbons (Fsp3) is 0.778. The second-order valence-electron chi connectivity index (χ2n) is 11.3. The molecule has 0 aliphatic heterocycles. The van der Waals surface area contributed by atoms with Crippen molar-refractivity contribution in [1.29, 1.82) is 0 Å². The molecular weight excluding hydrogens is 419 g/mol. The first-order valence-electron chi connectivity index (χ1n) is 12.8. The molecular formula is C27H45O4P. The summed E-state index contributed by atoms with van der Waals surface area (Å²) in [5.74, 6) is 1.32. The van der Waals surface area contributed by atoms with Gasteiger partial charge in [0.15, 0.2) is 5.85 Å². The molecule has 182 valence electrons. The molecule has 0 saturated heterocycles. The van der Waals surface area contributed by atoms with E-state index < -0.39 is 13.4 Å². The van der Waals surface area contributed by atoms with Crippen molar-refractivity contribution in [3.05, 3.63) is 35.9 Å². The Morgan fingerprint density at radius 1 is 0.812 bits per heavy atom. The summed E-state index contributed by atoms with van der Waals surface area (Å²) in [6.45, 7) is 13.3. The molecule has 0 radical (unpaired) electrons. The van der Waals surface area contributed by atoms with E-state index in [1.54, 1.807) is 0 Å². The number of aliphatic hydroxyl groups is 1. The molecule has 0 bridgehead atoms. The molecule has 32 heavy (non-hydrogen) atoms. The summed E-state index contributed by atoms with van der Waals surface area (Å²) in [6, 6.07) is 9.26. The van der Waals surface area contributed by atoms with Crippen LogP contribution in [0.25, 0.3) is 0 Å². The van der Waals surface area contributed by atoms with Crippen LogP contribution in [-0.2, 0) is 13.6 Å². The van der Waals surface area contributed by atoms with Crippen LogP contribution in [0, 0.1) is 35.5 Å². The van der Waals surface area contributed by atoms with Crippen LogP contribution in [0.2, 0.25) is 0 Å². The van der Waals surface area contributed by atoms with Gasteiger partial charge in [-0.25, -0.2) is 0 Å². The molecule has 2 fully saturated rings. The first kappa shape index (κ1) is 25.9. The van der Waals surface area contributed by atoms with Gasteiger partial charge in [0.05, 0.1) is 12.2 Å². The molecule has 0 heterocycles. The van der Waals surface area contributed by atoms with Gasteiger partial charge in [-0.05, 0) is 66.8 Å². The van der Waals surface area contributed by atoms with Gasteiger partial charge < -0.3 is 14.2 Å². The van der Waals surface area contributed by atoms with Crippen LogP contribution < -0.4 is 0 Å². The highest BCUT2D eigenvalue weighted by Crippen LogP contribution is 2.64. The summed E-state index contributed by atoms with van der Waals surface area (Å²) in [5.41, 5.74) is 0.603. The topological polar surface area (TPSA) is 55.8 Å². The molecule has 0 amide bonds. The van der Waals surface area contributed by atoms with Gasteiger partial charge in [-0.15, -0.1) is 0 Å². The molecule has 4 nitrogen and oxygen atoms in total. The molecule has 5 heteroatoms. The number of aliphatic hydroxyl groups excluding tert-OH is 1. The monoisotopic (exact) mass is 464 g/mol. The summed E-state index contributed by atoms with van der Waals surface area (Å²) in [7, 11) is -3.82. The van der Waals surface area contributed by atoms with E-state index in [4.69, 9.17) is 9.05 Å². The smallest absolute Gasteiger partial charge is 0.363 e. The minimum Gasteiger partial charge on any atom is -0.376 e. The van der Waals surface area contributed by atoms with Gasteiger partial charge in [-0.3, -0.25) is 4.57 Å². The van der Waals surface area contributed by atoms with Crippen molar-refractivity contribution in [2.75, 3.05) is 0 Å². The van der Waals surface area contributed by atoms with Gasteiger partial charge in [0.25, 0.3) is 0 Å². The van der Waals surface area contributed by atoms with Crippen LogP contribution in [0.15, 0.2) is 30.3 Å². The van der Waals surface area contributed by atoms with Gasteiger partial charge in [0.2, 0.25) is 0 Å². The first-order chi connectivity index (χ1) is 15.1. The predicted molar refractivity (Wildman–Crippen MR) is 131 cm³/mol. The lowest BCUT2D eigenvalue weighted by Gasteiger charge is -2.42. The van der Waals surface area contributed by atoms with E-state index in [1.165, 1.54) is 12.8 Å². The highest BCUT2D eigenvalue weighted by atomic mass is 31.2. The molecule has 0 spiro atoms. The van der Waals surface area contributed by atoms with Crippen LogP contribution in [0.5, 0.6) is 0 Å². The second-order valence-corrected chi connectivity index (χ2v) is 13.3. The highest BCUT2D eigenvalue weighted by molar-refractivity contribution is 7.54. The van der Waals surface area contributed by atoms with Crippen molar-refractivity contribution in [2.24, 2.45) is 35.5 Å². The van der Waals surface area contributed by atoms with E-state index >= 15 is 0 Å². The molecule has 2 aliphatic carbocycles. The van der Waals surface area contributed by atoms with Crippen molar-refractivity contribution in [1.82, 2.24) is 0 Å². The molecule has 0 unspecified atom stereocenters. The van der Waals surface area contributed by atoms with Crippen LogP contribution in [0.1, 0.15) is 91.5 Å². The molecule has 2 saturated carbocycles. The number of rotatable bonds is 8. The number of hydrogen-bond acceptors (Lipinski definition) is 4. The zero-order chi connectivity index (χ0) is 23.5. The average Bonchev–Trinajstić information content (AvgIpc) is 2.73.